The van der Waals surface area contributed by atoms with Crippen molar-refractivity contribution in [1.82, 2.24) is 5.32 Å². The lowest BCUT2D eigenvalue weighted by atomic mass is 9.95. The summed E-state index contributed by atoms with van der Waals surface area (Å²) in [5, 5.41) is 11.8. The molecule has 0 fully saturated rings. The van der Waals surface area contributed by atoms with Crippen LogP contribution < -0.4 is 5.32 Å². The molecule has 0 spiro atoms. The van der Waals surface area contributed by atoms with Crippen molar-refractivity contribution in [2.45, 2.75) is 27.2 Å². The molecular weight excluding hydrogens is 298 g/mol. The average molecular weight is 325 g/mol. The van der Waals surface area contributed by atoms with Gasteiger partial charge in [-0.1, -0.05) is 49.3 Å². The second-order valence-electron chi connectivity index (χ2n) is 4.97. The van der Waals surface area contributed by atoms with Crippen molar-refractivity contribution in [1.29, 1.82) is 0 Å². The van der Waals surface area contributed by atoms with Crippen LogP contribution in [-0.4, -0.2) is 17.6 Å². The van der Waals surface area contributed by atoms with Gasteiger partial charge in [0.15, 0.2) is 0 Å². The predicted molar refractivity (Wildman–Crippen MR) is 102 cm³/mol. The molecule has 3 nitrogen and oxygen atoms in total. The maximum atomic E-state index is 12.2. The highest BCUT2D eigenvalue weighted by molar-refractivity contribution is 5.96. The Morgan fingerprint density at radius 1 is 1.21 bits per heavy atom. The minimum atomic E-state index is -0.226. The van der Waals surface area contributed by atoms with Gasteiger partial charge in [0.2, 0.25) is 0 Å². The van der Waals surface area contributed by atoms with Crippen LogP contribution in [0.3, 0.4) is 0 Å². The molecule has 24 heavy (non-hydrogen) atoms. The minimum absolute atomic E-state index is 0.175. The van der Waals surface area contributed by atoms with Crippen LogP contribution in [0, 0.1) is 18.3 Å². The zero-order valence-electron chi connectivity index (χ0n) is 14.7. The Bertz CT molecular complexity index is 596. The molecule has 0 aromatic heterocycles. The molecule has 2 N–H and O–H groups in total. The number of nitrogens with one attached hydrogen (secondary N) is 1. The van der Waals surface area contributed by atoms with Crippen molar-refractivity contribution in [3.63, 3.8) is 0 Å². The highest BCUT2D eigenvalue weighted by Gasteiger charge is 2.12. The number of terminal acetylenes is 1. The maximum absolute atomic E-state index is 12.2. The zero-order valence-corrected chi connectivity index (χ0v) is 14.7. The lowest BCUT2D eigenvalue weighted by Gasteiger charge is -2.17. The van der Waals surface area contributed by atoms with Crippen LogP contribution in [0.25, 0.3) is 0 Å². The van der Waals surface area contributed by atoms with E-state index in [1.165, 1.54) is 6.08 Å². The third-order valence-electron chi connectivity index (χ3n) is 3.30. The molecule has 0 rings (SSSR count). The second-order valence-corrected chi connectivity index (χ2v) is 4.97. The second kappa shape index (κ2) is 13.9. The first-order valence-electron chi connectivity index (χ1n) is 8.01. The van der Waals surface area contributed by atoms with E-state index < -0.39 is 0 Å². The zero-order chi connectivity index (χ0) is 18.2. The number of rotatable bonds is 9. The van der Waals surface area contributed by atoms with Gasteiger partial charge in [-0.2, -0.15) is 0 Å². The van der Waals surface area contributed by atoms with Crippen molar-refractivity contribution in [3.8, 4) is 12.3 Å². The molecule has 0 bridgehead atoms. The monoisotopic (exact) mass is 325 g/mol. The molecule has 3 heteroatoms. The van der Waals surface area contributed by atoms with E-state index in [2.05, 4.69) is 18.2 Å². The summed E-state index contributed by atoms with van der Waals surface area (Å²) in [5.41, 5.74) is 1.50. The molecular formula is C21H27NO2. The SMILES string of the molecule is C#C\C=C/C=C(\C=C/C)C(CC)CNC(=O)C(/C=C/O)=C/C=C\C. The molecule has 0 heterocycles. The van der Waals surface area contributed by atoms with Crippen molar-refractivity contribution in [2.24, 2.45) is 5.92 Å². The van der Waals surface area contributed by atoms with Crippen molar-refractivity contribution in [2.75, 3.05) is 6.54 Å². The summed E-state index contributed by atoms with van der Waals surface area (Å²) in [6.45, 7) is 6.39. The van der Waals surface area contributed by atoms with E-state index in [1.54, 1.807) is 18.2 Å². The standard InChI is InChI=1S/C21H27NO2/c1-5-9-11-14-19(12-7-3)18(8-4)17-22-21(24)20(15-16-23)13-10-6-2/h1,6-7,9-16,18,23H,8,17H2,2-4H3,(H,22,24)/b10-6-,11-9-,12-7-,16-15+,19-14+,20-13+. The fourth-order valence-corrected chi connectivity index (χ4v) is 2.04. The quantitative estimate of drug-likeness (QED) is 0.286. The molecule has 0 radical (unpaired) electrons. The summed E-state index contributed by atoms with van der Waals surface area (Å²) in [7, 11) is 0. The van der Waals surface area contributed by atoms with Crippen molar-refractivity contribution in [3.05, 3.63) is 72.1 Å². The third-order valence-corrected chi connectivity index (χ3v) is 3.30. The van der Waals surface area contributed by atoms with Crippen LogP contribution in [0.2, 0.25) is 0 Å². The molecule has 0 aliphatic heterocycles. The van der Waals surface area contributed by atoms with Crippen LogP contribution in [0.15, 0.2) is 72.1 Å². The number of hydrogen-bond donors (Lipinski definition) is 2. The molecule has 128 valence electrons. The van der Waals surface area contributed by atoms with E-state index in [1.807, 2.05) is 44.2 Å². The molecule has 0 saturated carbocycles. The third kappa shape index (κ3) is 8.65. The predicted octanol–water partition coefficient (Wildman–Crippen LogP) is 4.39. The molecule has 1 unspecified atom stereocenters. The van der Waals surface area contributed by atoms with Gasteiger partial charge in [-0.25, -0.2) is 0 Å². The van der Waals surface area contributed by atoms with Gasteiger partial charge in [-0.15, -0.1) is 6.42 Å². The Kier molecular flexibility index (Phi) is 12.3. The number of carbonyl (C=O) groups is 1. The summed E-state index contributed by atoms with van der Waals surface area (Å²) >= 11 is 0. The first-order chi connectivity index (χ1) is 11.6. The first-order valence-corrected chi connectivity index (χ1v) is 8.01. The van der Waals surface area contributed by atoms with Crippen LogP contribution in [0.5, 0.6) is 0 Å². The van der Waals surface area contributed by atoms with Crippen LogP contribution in [0.4, 0.5) is 0 Å². The van der Waals surface area contributed by atoms with E-state index in [0.29, 0.717) is 12.1 Å². The van der Waals surface area contributed by atoms with E-state index >= 15 is 0 Å². The highest BCUT2D eigenvalue weighted by atomic mass is 16.2. The van der Waals surface area contributed by atoms with Gasteiger partial charge in [0.25, 0.3) is 5.91 Å². The fourth-order valence-electron chi connectivity index (χ4n) is 2.04. The van der Waals surface area contributed by atoms with Gasteiger partial charge in [0.1, 0.15) is 0 Å². The van der Waals surface area contributed by atoms with E-state index in [4.69, 9.17) is 11.5 Å². The Morgan fingerprint density at radius 3 is 2.50 bits per heavy atom. The molecule has 0 aromatic rings. The summed E-state index contributed by atoms with van der Waals surface area (Å²) in [4.78, 5) is 12.2. The lowest BCUT2D eigenvalue weighted by Crippen LogP contribution is -2.30. The highest BCUT2D eigenvalue weighted by Crippen LogP contribution is 2.16. The van der Waals surface area contributed by atoms with Crippen LogP contribution in [-0.2, 0) is 4.79 Å². The Balaban J connectivity index is 5.11. The summed E-state index contributed by atoms with van der Waals surface area (Å²) in [5.74, 6) is 2.41. The summed E-state index contributed by atoms with van der Waals surface area (Å²) in [6, 6.07) is 0. The minimum Gasteiger partial charge on any atom is -0.516 e. The molecule has 0 aliphatic rings. The van der Waals surface area contributed by atoms with Gasteiger partial charge in [0.05, 0.1) is 6.26 Å². The Hall–Kier alpha value is -2.73. The number of carbonyl (C=O) groups excluding carboxylic acids is 1. The summed E-state index contributed by atoms with van der Waals surface area (Å²) < 4.78 is 0. The number of allylic oxidation sites excluding steroid dienone is 8. The Labute approximate surface area is 145 Å². The van der Waals surface area contributed by atoms with Gasteiger partial charge in [-0.05, 0) is 44.1 Å². The molecule has 0 saturated heterocycles. The number of aliphatic hydroxyl groups is 1. The van der Waals surface area contributed by atoms with Gasteiger partial charge < -0.3 is 10.4 Å². The number of hydrogen-bond acceptors (Lipinski definition) is 2. The van der Waals surface area contributed by atoms with Crippen molar-refractivity contribution < 1.29 is 9.90 Å². The van der Waals surface area contributed by atoms with E-state index in [9.17, 15) is 4.79 Å². The molecule has 1 amide bonds. The maximum Gasteiger partial charge on any atom is 0.251 e. The molecule has 0 aromatic carbocycles. The lowest BCUT2D eigenvalue weighted by molar-refractivity contribution is -0.117. The normalized spacial score (nSPS) is 14.8. The van der Waals surface area contributed by atoms with E-state index in [0.717, 1.165) is 18.3 Å². The average Bonchev–Trinajstić information content (AvgIpc) is 2.59. The molecule has 1 atom stereocenters. The number of amides is 1. The first kappa shape index (κ1) is 21.3. The van der Waals surface area contributed by atoms with Gasteiger partial charge in [0, 0.05) is 18.0 Å². The number of aliphatic hydroxyl groups excluding tert-OH is 1. The Morgan fingerprint density at radius 2 is 1.96 bits per heavy atom. The topological polar surface area (TPSA) is 49.3 Å². The summed E-state index contributed by atoms with van der Waals surface area (Å²) in [6.07, 6.45) is 23.0. The van der Waals surface area contributed by atoms with Crippen LogP contribution in [0.1, 0.15) is 27.2 Å². The van der Waals surface area contributed by atoms with Gasteiger partial charge in [-0.3, -0.25) is 4.79 Å². The van der Waals surface area contributed by atoms with E-state index in [-0.39, 0.29) is 11.8 Å². The van der Waals surface area contributed by atoms with Crippen LogP contribution >= 0.6 is 0 Å². The smallest absolute Gasteiger partial charge is 0.251 e. The molecule has 0 aliphatic carbocycles. The van der Waals surface area contributed by atoms with Gasteiger partial charge >= 0.3 is 0 Å². The van der Waals surface area contributed by atoms with Crippen molar-refractivity contribution >= 4 is 5.91 Å². The fraction of sp³-hybridized carbons (Fsp3) is 0.286. The largest absolute Gasteiger partial charge is 0.516 e.